The lowest BCUT2D eigenvalue weighted by molar-refractivity contribution is 0.309. The molecule has 4 aromatic rings. The van der Waals surface area contributed by atoms with Gasteiger partial charge in [-0.1, -0.05) is 43.2 Å². The largest absolute Gasteiger partial charge is 0.494 e. The molecule has 4 rings (SSSR count). The number of nitrogens with one attached hydrogen (secondary N) is 2. The Morgan fingerprint density at radius 3 is 2.35 bits per heavy atom. The molecule has 31 heavy (non-hydrogen) atoms. The minimum Gasteiger partial charge on any atom is -0.494 e. The highest BCUT2D eigenvalue weighted by molar-refractivity contribution is 5.77. The van der Waals surface area contributed by atoms with Crippen LogP contribution < -0.4 is 16.0 Å². The number of hydrogen-bond donors (Lipinski definition) is 2. The Bertz CT molecular complexity index is 1280. The zero-order valence-corrected chi connectivity index (χ0v) is 17.4. The highest BCUT2D eigenvalue weighted by Gasteiger charge is 2.17. The van der Waals surface area contributed by atoms with Crippen molar-refractivity contribution in [3.63, 3.8) is 0 Å². The number of unbranched alkanes of at least 4 members (excludes halogenated alkanes) is 1. The quantitative estimate of drug-likeness (QED) is 0.448. The van der Waals surface area contributed by atoms with Crippen LogP contribution in [-0.2, 0) is 0 Å². The molecule has 8 heteroatoms. The van der Waals surface area contributed by atoms with Crippen molar-refractivity contribution in [2.75, 3.05) is 6.61 Å². The second kappa shape index (κ2) is 8.83. The maximum absolute atomic E-state index is 13.0. The van der Waals surface area contributed by atoms with E-state index in [-0.39, 0.29) is 5.69 Å². The van der Waals surface area contributed by atoms with Crippen LogP contribution in [0.4, 0.5) is 0 Å². The van der Waals surface area contributed by atoms with E-state index >= 15 is 0 Å². The third-order valence-corrected chi connectivity index (χ3v) is 4.99. The van der Waals surface area contributed by atoms with Gasteiger partial charge in [0, 0.05) is 11.3 Å². The number of H-pyrrole nitrogens is 2. The summed E-state index contributed by atoms with van der Waals surface area (Å²) in [5.74, 6) is 0.782. The molecule has 158 valence electrons. The molecule has 8 nitrogen and oxygen atoms in total. The average molecular weight is 417 g/mol. The molecule has 0 atom stereocenters. The predicted molar refractivity (Wildman–Crippen MR) is 119 cm³/mol. The van der Waals surface area contributed by atoms with Gasteiger partial charge in [0.15, 0.2) is 0 Å². The zero-order valence-electron chi connectivity index (χ0n) is 17.4. The van der Waals surface area contributed by atoms with Gasteiger partial charge < -0.3 is 9.72 Å². The van der Waals surface area contributed by atoms with E-state index in [1.54, 1.807) is 0 Å². The molecule has 2 heterocycles. The maximum Gasteiger partial charge on any atom is 0.366 e. The molecular weight excluding hydrogens is 394 g/mol. The first kappa shape index (κ1) is 20.3. The van der Waals surface area contributed by atoms with Gasteiger partial charge in [-0.15, -0.1) is 0 Å². The summed E-state index contributed by atoms with van der Waals surface area (Å²) in [6.45, 7) is 4.77. The van der Waals surface area contributed by atoms with Crippen molar-refractivity contribution < 1.29 is 4.74 Å². The number of nitrogens with zero attached hydrogens (tertiary/aromatic N) is 3. The number of benzene rings is 2. The summed E-state index contributed by atoms with van der Waals surface area (Å²) in [6, 6.07) is 17.1. The zero-order chi connectivity index (χ0) is 21.8. The highest BCUT2D eigenvalue weighted by Crippen LogP contribution is 2.28. The van der Waals surface area contributed by atoms with Gasteiger partial charge in [-0.3, -0.25) is 4.79 Å². The van der Waals surface area contributed by atoms with Gasteiger partial charge in [-0.25, -0.2) is 9.89 Å². The number of rotatable bonds is 7. The number of ether oxygens (including phenoxy) is 1. The maximum atomic E-state index is 13.0. The summed E-state index contributed by atoms with van der Waals surface area (Å²) in [6.07, 6.45) is 2.07. The molecule has 0 aliphatic carbocycles. The average Bonchev–Trinajstić information content (AvgIpc) is 3.20. The fraction of sp³-hybridized carbons (Fsp3) is 0.217. The summed E-state index contributed by atoms with van der Waals surface area (Å²) in [5, 5.41) is 9.52. The molecular formula is C23H23N5O3. The van der Waals surface area contributed by atoms with Gasteiger partial charge in [0.2, 0.25) is 0 Å². The van der Waals surface area contributed by atoms with E-state index in [1.165, 1.54) is 0 Å². The van der Waals surface area contributed by atoms with Crippen molar-refractivity contribution in [2.45, 2.75) is 26.7 Å². The predicted octanol–water partition coefficient (Wildman–Crippen LogP) is 3.47. The summed E-state index contributed by atoms with van der Waals surface area (Å²) >= 11 is 0. The number of aryl methyl sites for hydroxylation is 1. The van der Waals surface area contributed by atoms with E-state index in [4.69, 9.17) is 4.74 Å². The number of pyridine rings is 1. The third-order valence-electron chi connectivity index (χ3n) is 4.99. The molecule has 0 spiro atoms. The summed E-state index contributed by atoms with van der Waals surface area (Å²) in [7, 11) is 0. The topological polar surface area (TPSA) is 106 Å². The molecule has 0 bridgehead atoms. The highest BCUT2D eigenvalue weighted by atomic mass is 16.5. The van der Waals surface area contributed by atoms with Crippen LogP contribution in [0.3, 0.4) is 0 Å². The monoisotopic (exact) mass is 417 g/mol. The Morgan fingerprint density at radius 2 is 1.71 bits per heavy atom. The smallest absolute Gasteiger partial charge is 0.366 e. The summed E-state index contributed by atoms with van der Waals surface area (Å²) in [4.78, 5) is 28.0. The van der Waals surface area contributed by atoms with Crippen LogP contribution in [0.15, 0.2) is 64.2 Å². The van der Waals surface area contributed by atoms with E-state index in [1.807, 2.05) is 61.5 Å². The Hall–Kier alpha value is -3.94. The molecule has 2 N–H and O–H groups in total. The van der Waals surface area contributed by atoms with Crippen LogP contribution in [-0.4, -0.2) is 31.8 Å². The van der Waals surface area contributed by atoms with E-state index < -0.39 is 11.2 Å². The van der Waals surface area contributed by atoms with Crippen LogP contribution in [0.25, 0.3) is 28.1 Å². The molecule has 0 aliphatic heterocycles. The molecule has 0 saturated carbocycles. The minimum atomic E-state index is -0.583. The number of hydrogen-bond acceptors (Lipinski definition) is 5. The van der Waals surface area contributed by atoms with Gasteiger partial charge >= 0.3 is 5.69 Å². The summed E-state index contributed by atoms with van der Waals surface area (Å²) in [5.41, 5.74) is 3.01. The van der Waals surface area contributed by atoms with Crippen molar-refractivity contribution in [3.05, 3.63) is 81.0 Å². The van der Waals surface area contributed by atoms with Crippen LogP contribution in [0, 0.1) is 6.92 Å². The molecule has 0 aliphatic rings. The van der Waals surface area contributed by atoms with Crippen molar-refractivity contribution >= 4 is 0 Å². The fourth-order valence-electron chi connectivity index (χ4n) is 3.28. The lowest BCUT2D eigenvalue weighted by Gasteiger charge is -2.12. The molecule has 0 saturated heterocycles. The molecule has 2 aromatic carbocycles. The first-order valence-corrected chi connectivity index (χ1v) is 10.1. The van der Waals surface area contributed by atoms with Crippen LogP contribution in [0.5, 0.6) is 5.75 Å². The standard InChI is InChI=1S/C23H23N5O3/c1-3-4-13-31-18-11-9-17(10-12-18)20-14-19(16-7-5-15(2)6-8-16)21(22(29)24-20)28-23(30)25-26-27-28/h5-12,14H,3-4,13H2,1-2H3,(H,24,29)(H,25,27,30). The Labute approximate surface area is 178 Å². The SMILES string of the molecule is CCCCOc1ccc(-c2cc(-c3ccc(C)cc3)c(-n3nn[nH]c3=O)c(=O)[nH]2)cc1. The minimum absolute atomic E-state index is 0.117. The first-order chi connectivity index (χ1) is 15.1. The van der Waals surface area contributed by atoms with E-state index in [0.717, 1.165) is 40.0 Å². The van der Waals surface area contributed by atoms with Crippen molar-refractivity contribution in [1.29, 1.82) is 0 Å². The van der Waals surface area contributed by atoms with Crippen molar-refractivity contribution in [1.82, 2.24) is 25.2 Å². The van der Waals surface area contributed by atoms with Crippen LogP contribution in [0.1, 0.15) is 25.3 Å². The Kier molecular flexibility index (Phi) is 5.79. The Morgan fingerprint density at radius 1 is 1.00 bits per heavy atom. The molecule has 0 amide bonds. The van der Waals surface area contributed by atoms with Gasteiger partial charge in [-0.2, -0.15) is 4.68 Å². The van der Waals surface area contributed by atoms with E-state index in [0.29, 0.717) is 17.9 Å². The van der Waals surface area contributed by atoms with Gasteiger partial charge in [0.1, 0.15) is 11.4 Å². The van der Waals surface area contributed by atoms with Crippen LogP contribution >= 0.6 is 0 Å². The van der Waals surface area contributed by atoms with Gasteiger partial charge in [0.25, 0.3) is 5.56 Å². The van der Waals surface area contributed by atoms with Crippen LogP contribution in [0.2, 0.25) is 0 Å². The molecule has 0 unspecified atom stereocenters. The Balaban J connectivity index is 1.81. The number of aromatic amines is 2. The molecule has 2 aromatic heterocycles. The third kappa shape index (κ3) is 4.32. The fourth-order valence-corrected chi connectivity index (χ4v) is 3.28. The molecule has 0 radical (unpaired) electrons. The molecule has 0 fully saturated rings. The second-order valence-corrected chi connectivity index (χ2v) is 7.29. The number of tetrazole rings is 1. The van der Waals surface area contributed by atoms with Crippen molar-refractivity contribution in [3.8, 4) is 33.8 Å². The lowest BCUT2D eigenvalue weighted by Crippen LogP contribution is -2.25. The summed E-state index contributed by atoms with van der Waals surface area (Å²) < 4.78 is 6.69. The van der Waals surface area contributed by atoms with Gasteiger partial charge in [0.05, 0.1) is 6.61 Å². The lowest BCUT2D eigenvalue weighted by atomic mass is 10.0. The first-order valence-electron chi connectivity index (χ1n) is 10.1. The van der Waals surface area contributed by atoms with Gasteiger partial charge in [-0.05, 0) is 65.2 Å². The normalized spacial score (nSPS) is 10.9. The number of aromatic nitrogens is 5. The van der Waals surface area contributed by atoms with E-state index in [9.17, 15) is 9.59 Å². The van der Waals surface area contributed by atoms with Crippen molar-refractivity contribution in [2.24, 2.45) is 0 Å². The second-order valence-electron chi connectivity index (χ2n) is 7.29. The van der Waals surface area contributed by atoms with E-state index in [2.05, 4.69) is 27.4 Å².